The normalized spacial score (nSPS) is 17.4. The van der Waals surface area contributed by atoms with Crippen molar-refractivity contribution >= 4 is 23.6 Å². The predicted octanol–water partition coefficient (Wildman–Crippen LogP) is 2.89. The third-order valence-electron chi connectivity index (χ3n) is 8.47. The molecule has 1 fully saturated rings. The Morgan fingerprint density at radius 2 is 1.23 bits per heavy atom. The minimum Gasteiger partial charge on any atom is -0.382 e. The summed E-state index contributed by atoms with van der Waals surface area (Å²) in [5.41, 5.74) is -0.884. The largest absolute Gasteiger partial charge is 0.382 e. The van der Waals surface area contributed by atoms with Gasteiger partial charge in [0.05, 0.1) is 64.9 Å². The van der Waals surface area contributed by atoms with Crippen molar-refractivity contribution in [1.82, 2.24) is 21.3 Å². The lowest BCUT2D eigenvalue weighted by molar-refractivity contribution is -0.137. The number of hydrogen-bond acceptors (Lipinski definition) is 9. The van der Waals surface area contributed by atoms with Crippen LogP contribution >= 0.6 is 0 Å². The van der Waals surface area contributed by atoms with Crippen LogP contribution in [0.5, 0.6) is 0 Å². The molecule has 0 unspecified atom stereocenters. The highest BCUT2D eigenvalue weighted by atomic mass is 16.6. The number of rotatable bonds is 27. The van der Waals surface area contributed by atoms with Crippen molar-refractivity contribution < 1.29 is 42.9 Å². The fourth-order valence-electron chi connectivity index (χ4n) is 4.91. The van der Waals surface area contributed by atoms with E-state index in [4.69, 9.17) is 23.7 Å². The fraction of sp³-hybridized carbons (Fsp3) is 0.886. The lowest BCUT2D eigenvalue weighted by Gasteiger charge is -2.30. The molecule has 4 N–H and O–H groups in total. The minimum atomic E-state index is -0.902. The van der Waals surface area contributed by atoms with Gasteiger partial charge in [0.1, 0.15) is 6.04 Å². The molecule has 0 aliphatic heterocycles. The number of carbonyl (C=O) groups is 4. The number of carbonyl (C=O) groups excluding carboxylic acids is 4. The SMILES string of the molecule is CCCC(=O)NC1CCC(NC(=O)CC[C@H](NC(=O)C(C)(C)COCC(C)(C)CC)C(=O)NCCOCCOCCOCCOC)CC1. The summed E-state index contributed by atoms with van der Waals surface area (Å²) in [7, 11) is 1.62. The van der Waals surface area contributed by atoms with Crippen LogP contribution in [0.1, 0.15) is 99.3 Å². The van der Waals surface area contributed by atoms with Crippen molar-refractivity contribution in [3.63, 3.8) is 0 Å². The molecule has 13 heteroatoms. The Balaban J connectivity index is 2.59. The molecule has 4 amide bonds. The summed E-state index contributed by atoms with van der Waals surface area (Å²) in [5.74, 6) is -0.791. The molecule has 13 nitrogen and oxygen atoms in total. The number of ether oxygens (including phenoxy) is 5. The number of nitrogens with one attached hydrogen (secondary N) is 4. The zero-order valence-electron chi connectivity index (χ0n) is 30.8. The summed E-state index contributed by atoms with van der Waals surface area (Å²) >= 11 is 0. The lowest BCUT2D eigenvalue weighted by atomic mass is 9.90. The zero-order chi connectivity index (χ0) is 35.8. The maximum absolute atomic E-state index is 13.3. The summed E-state index contributed by atoms with van der Waals surface area (Å²) in [5, 5.41) is 11.9. The average molecular weight is 687 g/mol. The van der Waals surface area contributed by atoms with E-state index in [1.165, 1.54) is 0 Å². The molecule has 1 rings (SSSR count). The van der Waals surface area contributed by atoms with Crippen LogP contribution in [0.25, 0.3) is 0 Å². The molecule has 0 bridgehead atoms. The van der Waals surface area contributed by atoms with Crippen molar-refractivity contribution in [2.45, 2.75) is 117 Å². The molecule has 0 aromatic rings. The maximum atomic E-state index is 13.3. The van der Waals surface area contributed by atoms with Crippen LogP contribution in [-0.2, 0) is 42.9 Å². The Bertz CT molecular complexity index is 924. The van der Waals surface area contributed by atoms with Crippen LogP contribution in [0.2, 0.25) is 0 Å². The van der Waals surface area contributed by atoms with E-state index in [1.54, 1.807) is 21.0 Å². The summed E-state index contributed by atoms with van der Waals surface area (Å²) in [6.07, 6.45) is 5.69. The van der Waals surface area contributed by atoms with Crippen LogP contribution in [-0.4, -0.2) is 115 Å². The van der Waals surface area contributed by atoms with Gasteiger partial charge in [0, 0.05) is 38.6 Å². The number of amides is 4. The number of hydrogen-bond donors (Lipinski definition) is 4. The van der Waals surface area contributed by atoms with Crippen molar-refractivity contribution in [2.75, 3.05) is 73.1 Å². The van der Waals surface area contributed by atoms with E-state index in [9.17, 15) is 19.2 Å². The molecule has 1 saturated carbocycles. The van der Waals surface area contributed by atoms with Gasteiger partial charge in [-0.05, 0) is 64.2 Å². The second-order valence-electron chi connectivity index (χ2n) is 14.0. The summed E-state index contributed by atoms with van der Waals surface area (Å²) in [6, 6.07) is -0.741. The molecule has 0 spiro atoms. The van der Waals surface area contributed by atoms with Gasteiger partial charge in [0.2, 0.25) is 23.6 Å². The molecular weight excluding hydrogens is 620 g/mol. The van der Waals surface area contributed by atoms with Crippen LogP contribution in [0.15, 0.2) is 0 Å². The first-order chi connectivity index (χ1) is 22.8. The van der Waals surface area contributed by atoms with Gasteiger partial charge in [-0.2, -0.15) is 0 Å². The molecule has 1 aliphatic carbocycles. The van der Waals surface area contributed by atoms with Crippen molar-refractivity contribution in [3.05, 3.63) is 0 Å². The van der Waals surface area contributed by atoms with Crippen molar-refractivity contribution in [2.24, 2.45) is 10.8 Å². The van der Waals surface area contributed by atoms with Crippen molar-refractivity contribution in [1.29, 1.82) is 0 Å². The summed E-state index contributed by atoms with van der Waals surface area (Å²) in [4.78, 5) is 51.4. The van der Waals surface area contributed by atoms with Gasteiger partial charge < -0.3 is 45.0 Å². The minimum absolute atomic E-state index is 0.00271. The second kappa shape index (κ2) is 24.8. The topological polar surface area (TPSA) is 163 Å². The molecular formula is C35H66N4O9. The van der Waals surface area contributed by atoms with Crippen molar-refractivity contribution in [3.8, 4) is 0 Å². The average Bonchev–Trinajstić information content (AvgIpc) is 3.04. The smallest absolute Gasteiger partial charge is 0.242 e. The maximum Gasteiger partial charge on any atom is 0.242 e. The third kappa shape index (κ3) is 20.3. The Labute approximate surface area is 289 Å². The highest BCUT2D eigenvalue weighted by Crippen LogP contribution is 2.23. The Morgan fingerprint density at radius 3 is 1.75 bits per heavy atom. The lowest BCUT2D eigenvalue weighted by Crippen LogP contribution is -2.52. The summed E-state index contributed by atoms with van der Waals surface area (Å²) in [6.45, 7) is 15.9. The van der Waals surface area contributed by atoms with Crippen LogP contribution < -0.4 is 21.3 Å². The van der Waals surface area contributed by atoms with Gasteiger partial charge in [-0.25, -0.2) is 0 Å². The Hall–Kier alpha value is -2.32. The molecule has 0 heterocycles. The van der Waals surface area contributed by atoms with Crippen LogP contribution in [0.4, 0.5) is 0 Å². The zero-order valence-corrected chi connectivity index (χ0v) is 30.8. The first-order valence-corrected chi connectivity index (χ1v) is 17.8. The Morgan fingerprint density at radius 1 is 0.708 bits per heavy atom. The predicted molar refractivity (Wildman–Crippen MR) is 184 cm³/mol. The molecule has 0 aromatic heterocycles. The standard InChI is InChI=1S/C35H66N4O9/c1-8-10-30(40)37-27-11-13-28(14-12-27)38-31(41)16-15-29(39-33(43)35(5,6)26-48-25-34(3,4)9-2)32(42)36-17-18-45-21-22-47-24-23-46-20-19-44-7/h27-29H,8-26H2,1-7H3,(H,36,42)(H,37,40)(H,38,41)(H,39,43)/t27?,28?,29-/m0/s1. The van der Waals surface area contributed by atoms with E-state index >= 15 is 0 Å². The number of methoxy groups -OCH3 is 1. The highest BCUT2D eigenvalue weighted by Gasteiger charge is 2.33. The second-order valence-corrected chi connectivity index (χ2v) is 14.0. The van der Waals surface area contributed by atoms with E-state index in [1.807, 2.05) is 6.92 Å². The molecule has 1 aliphatic rings. The van der Waals surface area contributed by atoms with E-state index < -0.39 is 11.5 Å². The molecule has 48 heavy (non-hydrogen) atoms. The van der Waals surface area contributed by atoms with E-state index in [2.05, 4.69) is 42.0 Å². The van der Waals surface area contributed by atoms with Crippen LogP contribution in [0.3, 0.4) is 0 Å². The highest BCUT2D eigenvalue weighted by molar-refractivity contribution is 5.90. The van der Waals surface area contributed by atoms with E-state index in [0.29, 0.717) is 52.7 Å². The molecule has 0 saturated heterocycles. The molecule has 0 radical (unpaired) electrons. The van der Waals surface area contributed by atoms with E-state index in [-0.39, 0.29) is 73.7 Å². The molecule has 1 atom stereocenters. The van der Waals surface area contributed by atoms with Gasteiger partial charge >= 0.3 is 0 Å². The van der Waals surface area contributed by atoms with Gasteiger partial charge in [-0.3, -0.25) is 19.2 Å². The van der Waals surface area contributed by atoms with E-state index in [0.717, 1.165) is 38.5 Å². The Kier molecular flexibility index (Phi) is 22.5. The van der Waals surface area contributed by atoms with Crippen LogP contribution in [0, 0.1) is 10.8 Å². The third-order valence-corrected chi connectivity index (χ3v) is 8.47. The van der Waals surface area contributed by atoms with Gasteiger partial charge in [-0.15, -0.1) is 0 Å². The first-order valence-electron chi connectivity index (χ1n) is 17.8. The summed E-state index contributed by atoms with van der Waals surface area (Å²) < 4.78 is 27.2. The van der Waals surface area contributed by atoms with Gasteiger partial charge in [0.25, 0.3) is 0 Å². The fourth-order valence-corrected chi connectivity index (χ4v) is 4.91. The molecule has 0 aromatic carbocycles. The monoisotopic (exact) mass is 686 g/mol. The molecule has 280 valence electrons. The van der Waals surface area contributed by atoms with Gasteiger partial charge in [-0.1, -0.05) is 27.7 Å². The quantitative estimate of drug-likeness (QED) is 0.0953. The van der Waals surface area contributed by atoms with Gasteiger partial charge in [0.15, 0.2) is 0 Å². The first kappa shape index (κ1) is 43.7.